The summed E-state index contributed by atoms with van der Waals surface area (Å²) < 4.78 is 0. The van der Waals surface area contributed by atoms with Crippen LogP contribution in [0.1, 0.15) is 63.5 Å². The third-order valence-corrected chi connectivity index (χ3v) is 11.1. The van der Waals surface area contributed by atoms with E-state index in [0.717, 1.165) is 11.9 Å². The van der Waals surface area contributed by atoms with Crippen LogP contribution in [0.2, 0.25) is 0 Å². The number of likely N-dealkylation sites (N-methyl/N-ethyl adjacent to an activating group) is 1. The van der Waals surface area contributed by atoms with Crippen molar-refractivity contribution < 1.29 is 67.7 Å². The summed E-state index contributed by atoms with van der Waals surface area (Å²) in [4.78, 5) is 159. The molecule has 0 saturated carbocycles. The zero-order chi connectivity index (χ0) is 52.9. The standard InChI is InChI=1S/C45H62N12O14/c1-4-23(2)39-44(70)53-28(13-15-33(46)60)41(67)55-32(19-34(47)61)42(68)54-29(14-16-36(63)49-21-37(64)51-31(43(69)56-39)18-25-7-11-27(59)12-8-25)45(71)57(3)22-38(65)52-30(40(66)50-20-35(48)62)17-24-5-9-26(58)10-6-24/h5-12,23,28-32,39,58-59H,4,13-22H2,1-3H3,(H2,46,60)(H2,47,61)(H2,48,62)(H,49,63)(H,50,66)(H,51,64)(H,52,65)(H,53,70)(H,54,68)(H,55,67)(H,56,69)/t23-,28-,29-,30-,31-,32-,39-/m0/s1. The highest BCUT2D eigenvalue weighted by Gasteiger charge is 2.36. The van der Waals surface area contributed by atoms with Gasteiger partial charge in [0, 0.05) is 32.7 Å². The lowest BCUT2D eigenvalue weighted by Gasteiger charge is -2.29. The number of hydrogen-bond acceptors (Lipinski definition) is 14. The Morgan fingerprint density at radius 1 is 0.718 bits per heavy atom. The molecule has 1 aliphatic heterocycles. The maximum atomic E-state index is 14.1. The molecule has 2 aromatic rings. The molecule has 0 radical (unpaired) electrons. The summed E-state index contributed by atoms with van der Waals surface area (Å²) in [6, 6.07) is 2.01. The summed E-state index contributed by atoms with van der Waals surface area (Å²) in [5.41, 5.74) is 16.9. The molecule has 1 fully saturated rings. The van der Waals surface area contributed by atoms with E-state index >= 15 is 0 Å². The first-order valence-electron chi connectivity index (χ1n) is 22.5. The SMILES string of the molecule is CC[C@H](C)[C@@H]1NC(=O)[C@H](Cc2ccc(O)cc2)NC(=O)CNC(=O)CC[C@@H](C(=O)N(C)CC(=O)N[C@@H](Cc2ccc(O)cc2)C(=O)NCC(N)=O)NC(=O)[C@H](CC(N)=O)NC(=O)[C@H](CCC(N)=O)NC1=O. The van der Waals surface area contributed by atoms with E-state index in [4.69, 9.17) is 17.2 Å². The number of hydrogen-bond donors (Lipinski definition) is 13. The van der Waals surface area contributed by atoms with Gasteiger partial charge in [-0.3, -0.25) is 57.5 Å². The second-order valence-corrected chi connectivity index (χ2v) is 16.9. The van der Waals surface area contributed by atoms with E-state index in [9.17, 15) is 67.7 Å². The smallest absolute Gasteiger partial charge is 0.245 e. The Balaban J connectivity index is 2.01. The van der Waals surface area contributed by atoms with Gasteiger partial charge in [-0.2, -0.15) is 0 Å². The number of benzene rings is 2. The molecule has 0 bridgehead atoms. The zero-order valence-corrected chi connectivity index (χ0v) is 39.4. The number of carbonyl (C=O) groups is 12. The fourth-order valence-corrected chi connectivity index (χ4v) is 7.02. The van der Waals surface area contributed by atoms with Gasteiger partial charge in [0.25, 0.3) is 0 Å². The first-order chi connectivity index (χ1) is 33.4. The van der Waals surface area contributed by atoms with E-state index in [1.807, 2.05) is 0 Å². The minimum Gasteiger partial charge on any atom is -0.508 e. The number of phenolic OH excluding ortho intramolecular Hbond substituents is 2. The van der Waals surface area contributed by atoms with E-state index in [1.54, 1.807) is 13.8 Å². The number of primary amides is 3. The van der Waals surface area contributed by atoms with Crippen LogP contribution in [0.3, 0.4) is 0 Å². The highest BCUT2D eigenvalue weighted by Crippen LogP contribution is 2.15. The largest absolute Gasteiger partial charge is 0.508 e. The normalized spacial score (nSPS) is 20.4. The quantitative estimate of drug-likeness (QED) is 0.0665. The highest BCUT2D eigenvalue weighted by molar-refractivity contribution is 5.99. The Kier molecular flexibility index (Phi) is 22.2. The van der Waals surface area contributed by atoms with E-state index in [-0.39, 0.29) is 24.3 Å². The molecule has 1 aliphatic rings. The molecule has 71 heavy (non-hydrogen) atoms. The Hall–Kier alpha value is -8.32. The number of aromatic hydroxyl groups is 2. The number of phenols is 2. The van der Waals surface area contributed by atoms with Crippen LogP contribution in [-0.2, 0) is 70.4 Å². The van der Waals surface area contributed by atoms with Crippen LogP contribution >= 0.6 is 0 Å². The molecule has 2 aromatic carbocycles. The molecule has 0 spiro atoms. The summed E-state index contributed by atoms with van der Waals surface area (Å²) in [5, 5.41) is 38.9. The van der Waals surface area contributed by atoms with Gasteiger partial charge in [-0.15, -0.1) is 0 Å². The van der Waals surface area contributed by atoms with E-state index in [1.165, 1.54) is 48.5 Å². The Morgan fingerprint density at radius 2 is 1.30 bits per heavy atom. The first-order valence-corrected chi connectivity index (χ1v) is 22.5. The number of nitrogens with one attached hydrogen (secondary N) is 8. The summed E-state index contributed by atoms with van der Waals surface area (Å²) in [6.07, 6.45) is -2.90. The van der Waals surface area contributed by atoms with Gasteiger partial charge in [0.15, 0.2) is 0 Å². The fourth-order valence-electron chi connectivity index (χ4n) is 7.02. The van der Waals surface area contributed by atoms with Gasteiger partial charge in [-0.05, 0) is 54.2 Å². The molecule has 26 nitrogen and oxygen atoms in total. The number of carbonyl (C=O) groups excluding carboxylic acids is 12. The molecule has 1 heterocycles. The zero-order valence-electron chi connectivity index (χ0n) is 39.4. The van der Waals surface area contributed by atoms with Crippen molar-refractivity contribution in [1.29, 1.82) is 0 Å². The number of rotatable bonds is 18. The second-order valence-electron chi connectivity index (χ2n) is 16.9. The minimum absolute atomic E-state index is 0.0775. The molecular weight excluding hydrogens is 933 g/mol. The summed E-state index contributed by atoms with van der Waals surface area (Å²) in [6.45, 7) is 1.28. The fraction of sp³-hybridized carbons (Fsp3) is 0.467. The topological polar surface area (TPSA) is 423 Å². The van der Waals surface area contributed by atoms with Crippen LogP contribution in [0, 0.1) is 5.92 Å². The number of amides is 12. The highest BCUT2D eigenvalue weighted by atomic mass is 16.3. The van der Waals surface area contributed by atoms with Crippen LogP contribution in [0.15, 0.2) is 48.5 Å². The monoisotopic (exact) mass is 994 g/mol. The molecule has 386 valence electrons. The van der Waals surface area contributed by atoms with E-state index in [2.05, 4.69) is 42.5 Å². The molecule has 7 atom stereocenters. The predicted octanol–water partition coefficient (Wildman–Crippen LogP) is -5.05. The van der Waals surface area contributed by atoms with Gasteiger partial charge < -0.3 is 74.8 Å². The third-order valence-electron chi connectivity index (χ3n) is 11.1. The van der Waals surface area contributed by atoms with Gasteiger partial charge in [0.2, 0.25) is 70.9 Å². The van der Waals surface area contributed by atoms with Gasteiger partial charge in [-0.25, -0.2) is 0 Å². The van der Waals surface area contributed by atoms with Gasteiger partial charge in [0.1, 0.15) is 47.8 Å². The maximum absolute atomic E-state index is 14.1. The minimum atomic E-state index is -1.86. The van der Waals surface area contributed by atoms with Crippen LogP contribution in [0.5, 0.6) is 11.5 Å². The van der Waals surface area contributed by atoms with Crippen LogP contribution in [0.4, 0.5) is 0 Å². The average Bonchev–Trinajstić information content (AvgIpc) is 3.31. The first kappa shape index (κ1) is 57.0. The molecule has 16 N–H and O–H groups in total. The van der Waals surface area contributed by atoms with Crippen molar-refractivity contribution in [3.63, 3.8) is 0 Å². The van der Waals surface area contributed by atoms with E-state index < -0.39 is 165 Å². The van der Waals surface area contributed by atoms with Crippen molar-refractivity contribution in [3.8, 4) is 11.5 Å². The van der Waals surface area contributed by atoms with Crippen molar-refractivity contribution in [3.05, 3.63) is 59.7 Å². The molecule has 1 saturated heterocycles. The number of nitrogens with two attached hydrogens (primary N) is 3. The van der Waals surface area contributed by atoms with Crippen molar-refractivity contribution in [2.75, 3.05) is 26.7 Å². The second kappa shape index (κ2) is 27.6. The lowest BCUT2D eigenvalue weighted by molar-refractivity contribution is -0.140. The number of nitrogens with zero attached hydrogens (tertiary/aromatic N) is 1. The lowest BCUT2D eigenvalue weighted by atomic mass is 9.96. The van der Waals surface area contributed by atoms with Gasteiger partial charge in [0.05, 0.1) is 26.1 Å². The average molecular weight is 995 g/mol. The van der Waals surface area contributed by atoms with Gasteiger partial charge >= 0.3 is 0 Å². The van der Waals surface area contributed by atoms with Crippen LogP contribution < -0.4 is 59.7 Å². The van der Waals surface area contributed by atoms with Gasteiger partial charge in [-0.1, -0.05) is 44.5 Å². The molecule has 0 unspecified atom stereocenters. The van der Waals surface area contributed by atoms with Crippen molar-refractivity contribution in [2.45, 2.75) is 101 Å². The Morgan fingerprint density at radius 3 is 1.87 bits per heavy atom. The van der Waals surface area contributed by atoms with Crippen molar-refractivity contribution >= 4 is 70.9 Å². The molecule has 26 heteroatoms. The van der Waals surface area contributed by atoms with Crippen LogP contribution in [0.25, 0.3) is 0 Å². The Labute approximate surface area is 407 Å². The molecule has 3 rings (SSSR count). The molecule has 0 aromatic heterocycles. The predicted molar refractivity (Wildman–Crippen MR) is 249 cm³/mol. The maximum Gasteiger partial charge on any atom is 0.245 e. The Bertz CT molecular complexity index is 2300. The van der Waals surface area contributed by atoms with Crippen molar-refractivity contribution in [2.24, 2.45) is 23.1 Å². The lowest BCUT2D eigenvalue weighted by Crippen LogP contribution is -2.61. The molecular formula is C45H62N12O14. The summed E-state index contributed by atoms with van der Waals surface area (Å²) in [7, 11) is 1.14. The van der Waals surface area contributed by atoms with Crippen LogP contribution in [-0.4, -0.2) is 149 Å². The third kappa shape index (κ3) is 19.7. The summed E-state index contributed by atoms with van der Waals surface area (Å²) >= 11 is 0. The van der Waals surface area contributed by atoms with E-state index in [0.29, 0.717) is 17.5 Å². The molecule has 12 amide bonds. The summed E-state index contributed by atoms with van der Waals surface area (Å²) in [5.74, 6) is -12.2. The van der Waals surface area contributed by atoms with Crippen molar-refractivity contribution in [1.82, 2.24) is 47.4 Å². The molecule has 0 aliphatic carbocycles.